The van der Waals surface area contributed by atoms with E-state index in [4.69, 9.17) is 4.74 Å². The second-order valence-electron chi connectivity index (χ2n) is 10.00. The molecule has 2 N–H and O–H groups in total. The van der Waals surface area contributed by atoms with Crippen LogP contribution in [0, 0.1) is 0 Å². The number of aliphatic hydroxyl groups is 1. The molecule has 9 nitrogen and oxygen atoms in total. The zero-order valence-electron chi connectivity index (χ0n) is 22.1. The minimum absolute atomic E-state index is 0.131. The van der Waals surface area contributed by atoms with E-state index in [1.54, 1.807) is 17.0 Å². The van der Waals surface area contributed by atoms with Crippen LogP contribution in [0.25, 0.3) is 0 Å². The Morgan fingerprint density at radius 3 is 2.32 bits per heavy atom. The molecule has 3 amide bonds. The number of carbonyl (C=O) groups is 3. The second kappa shape index (κ2) is 12.6. The molecule has 0 saturated heterocycles. The number of hydrogen-bond acceptors (Lipinski definition) is 6. The third kappa shape index (κ3) is 8.21. The van der Waals surface area contributed by atoms with Gasteiger partial charge in [-0.05, 0) is 81.0 Å². The zero-order chi connectivity index (χ0) is 27.0. The van der Waals surface area contributed by atoms with Gasteiger partial charge in [0.25, 0.3) is 0 Å². The maximum atomic E-state index is 13.1. The third-order valence-electron chi connectivity index (χ3n) is 6.07. The lowest BCUT2D eigenvalue weighted by molar-refractivity contribution is -0.140. The van der Waals surface area contributed by atoms with E-state index in [0.29, 0.717) is 50.1 Å². The molecule has 2 aromatic carbocycles. The highest BCUT2D eigenvalue weighted by Crippen LogP contribution is 2.25. The van der Waals surface area contributed by atoms with Gasteiger partial charge in [0.2, 0.25) is 0 Å². The number of methoxy groups -OCH3 is 1. The van der Waals surface area contributed by atoms with E-state index < -0.39 is 5.60 Å². The molecule has 1 heterocycles. The minimum atomic E-state index is -0.551. The first kappa shape index (κ1) is 28.0. The lowest BCUT2D eigenvalue weighted by Crippen LogP contribution is -2.38. The number of amides is 3. The van der Waals surface area contributed by atoms with Gasteiger partial charge in [-0.2, -0.15) is 0 Å². The average molecular weight is 512 g/mol. The summed E-state index contributed by atoms with van der Waals surface area (Å²) < 4.78 is 10.2. The summed E-state index contributed by atoms with van der Waals surface area (Å²) in [5, 5.41) is 12.5. The van der Waals surface area contributed by atoms with Crippen LogP contribution < -0.4 is 10.2 Å². The Labute approximate surface area is 218 Å². The van der Waals surface area contributed by atoms with E-state index in [1.807, 2.05) is 51.1 Å². The number of carbonyl (C=O) groups excluding carboxylic acids is 3. The van der Waals surface area contributed by atoms with E-state index >= 15 is 0 Å². The molecule has 0 atom stereocenters. The van der Waals surface area contributed by atoms with Crippen LogP contribution in [0.2, 0.25) is 0 Å². The molecule has 0 spiro atoms. The molecule has 9 heteroatoms. The van der Waals surface area contributed by atoms with Gasteiger partial charge in [0.05, 0.1) is 20.3 Å². The number of benzene rings is 2. The summed E-state index contributed by atoms with van der Waals surface area (Å²) in [5.41, 5.74) is 3.88. The molecular formula is C28H37N3O6. The van der Waals surface area contributed by atoms with Crippen LogP contribution in [0.1, 0.15) is 43.9 Å². The first-order chi connectivity index (χ1) is 17.6. The van der Waals surface area contributed by atoms with Crippen molar-refractivity contribution in [2.24, 2.45) is 0 Å². The van der Waals surface area contributed by atoms with Crippen molar-refractivity contribution >= 4 is 29.5 Å². The summed E-state index contributed by atoms with van der Waals surface area (Å²) >= 11 is 0. The number of urea groups is 1. The molecule has 1 aliphatic heterocycles. The van der Waals surface area contributed by atoms with Crippen LogP contribution in [0.15, 0.2) is 42.5 Å². The van der Waals surface area contributed by atoms with E-state index in [1.165, 1.54) is 12.0 Å². The van der Waals surface area contributed by atoms with Crippen LogP contribution in [0.5, 0.6) is 0 Å². The van der Waals surface area contributed by atoms with Gasteiger partial charge in [-0.3, -0.25) is 9.69 Å². The molecular weight excluding hydrogens is 474 g/mol. The van der Waals surface area contributed by atoms with Crippen LogP contribution in [0.3, 0.4) is 0 Å². The maximum absolute atomic E-state index is 13.1. The second-order valence-corrected chi connectivity index (χ2v) is 10.00. The topological polar surface area (TPSA) is 108 Å². The maximum Gasteiger partial charge on any atom is 0.410 e. The predicted molar refractivity (Wildman–Crippen MR) is 142 cm³/mol. The van der Waals surface area contributed by atoms with Crippen LogP contribution in [-0.4, -0.2) is 67.1 Å². The van der Waals surface area contributed by atoms with E-state index in [2.05, 4.69) is 10.1 Å². The Morgan fingerprint density at radius 2 is 1.70 bits per heavy atom. The summed E-state index contributed by atoms with van der Waals surface area (Å²) in [6.07, 6.45) is 1.87. The van der Waals surface area contributed by atoms with Gasteiger partial charge in [-0.25, -0.2) is 9.59 Å². The Kier molecular flexibility index (Phi) is 9.52. The van der Waals surface area contributed by atoms with Gasteiger partial charge in [-0.1, -0.05) is 18.2 Å². The number of aliphatic hydroxyl groups excluding tert-OH is 1. The first-order valence-electron chi connectivity index (χ1n) is 12.5. The van der Waals surface area contributed by atoms with Crippen LogP contribution in [0.4, 0.5) is 21.0 Å². The molecule has 0 unspecified atom stereocenters. The minimum Gasteiger partial charge on any atom is -0.469 e. The number of anilines is 2. The summed E-state index contributed by atoms with van der Waals surface area (Å²) in [4.78, 5) is 40.2. The van der Waals surface area contributed by atoms with E-state index in [9.17, 15) is 19.5 Å². The number of hydrogen-bond donors (Lipinski definition) is 2. The molecule has 0 saturated carbocycles. The highest BCUT2D eigenvalue weighted by atomic mass is 16.6. The molecule has 37 heavy (non-hydrogen) atoms. The smallest absolute Gasteiger partial charge is 0.410 e. The van der Waals surface area contributed by atoms with Gasteiger partial charge in [0.15, 0.2) is 0 Å². The van der Waals surface area contributed by atoms with Gasteiger partial charge in [-0.15, -0.1) is 0 Å². The molecule has 200 valence electrons. The standard InChI is InChI=1S/C28H37N3O6/c1-28(2,3)37-27(35)30-15-13-21-8-11-24(19-22(21)14-16-30)31(17-18-32)26(34)29-23-9-5-20(6-10-23)7-12-25(33)36-4/h5-6,8-11,19,32H,7,12-18H2,1-4H3,(H,29,34). The molecule has 2 aromatic rings. The van der Waals surface area contributed by atoms with E-state index in [0.717, 1.165) is 16.7 Å². The lowest BCUT2D eigenvalue weighted by Gasteiger charge is -2.26. The fourth-order valence-electron chi connectivity index (χ4n) is 4.13. The molecule has 0 aliphatic carbocycles. The Hall–Kier alpha value is -3.59. The van der Waals surface area contributed by atoms with Crippen molar-refractivity contribution < 1.29 is 29.0 Å². The summed E-state index contributed by atoms with van der Waals surface area (Å²) in [6, 6.07) is 12.7. The normalized spacial score (nSPS) is 13.3. The van der Waals surface area contributed by atoms with Gasteiger partial charge in [0, 0.05) is 30.9 Å². The SMILES string of the molecule is COC(=O)CCc1ccc(NC(=O)N(CCO)c2ccc3c(c2)CCN(C(=O)OC(C)(C)C)CC3)cc1. The Balaban J connectivity index is 1.67. The van der Waals surface area contributed by atoms with Gasteiger partial charge >= 0.3 is 18.1 Å². The molecule has 0 aromatic heterocycles. The number of rotatable bonds is 7. The van der Waals surface area contributed by atoms with Crippen molar-refractivity contribution in [2.45, 2.75) is 52.1 Å². The van der Waals surface area contributed by atoms with Crippen molar-refractivity contribution in [1.29, 1.82) is 0 Å². The van der Waals surface area contributed by atoms with Crippen molar-refractivity contribution in [2.75, 3.05) is 43.6 Å². The van der Waals surface area contributed by atoms with Gasteiger partial charge < -0.3 is 24.8 Å². The number of nitrogens with one attached hydrogen (secondary N) is 1. The van der Waals surface area contributed by atoms with Crippen molar-refractivity contribution in [1.82, 2.24) is 4.90 Å². The molecule has 3 rings (SSSR count). The number of ether oxygens (including phenoxy) is 2. The molecule has 0 bridgehead atoms. The largest absolute Gasteiger partial charge is 0.469 e. The predicted octanol–water partition coefficient (Wildman–Crippen LogP) is 4.16. The number of nitrogens with zero attached hydrogens (tertiary/aromatic N) is 2. The number of fused-ring (bicyclic) bond motifs is 1. The van der Waals surface area contributed by atoms with Gasteiger partial charge in [0.1, 0.15) is 5.60 Å². The molecule has 0 fully saturated rings. The summed E-state index contributed by atoms with van der Waals surface area (Å²) in [7, 11) is 1.36. The summed E-state index contributed by atoms with van der Waals surface area (Å²) in [5.74, 6) is -0.268. The zero-order valence-corrected chi connectivity index (χ0v) is 22.1. The Morgan fingerprint density at radius 1 is 1.03 bits per heavy atom. The number of aryl methyl sites for hydroxylation is 1. The highest BCUT2D eigenvalue weighted by molar-refractivity contribution is 6.01. The van der Waals surface area contributed by atoms with Crippen molar-refractivity contribution in [3.05, 3.63) is 59.2 Å². The van der Waals surface area contributed by atoms with Crippen molar-refractivity contribution in [3.8, 4) is 0 Å². The van der Waals surface area contributed by atoms with E-state index in [-0.39, 0.29) is 31.2 Å². The fourth-order valence-corrected chi connectivity index (χ4v) is 4.13. The highest BCUT2D eigenvalue weighted by Gasteiger charge is 2.25. The quantitative estimate of drug-likeness (QED) is 0.541. The Bertz CT molecular complexity index is 1090. The average Bonchev–Trinajstić information content (AvgIpc) is 3.08. The van der Waals surface area contributed by atoms with Crippen LogP contribution >= 0.6 is 0 Å². The summed E-state index contributed by atoms with van der Waals surface area (Å²) in [6.45, 7) is 6.59. The number of esters is 1. The van der Waals surface area contributed by atoms with Crippen molar-refractivity contribution in [3.63, 3.8) is 0 Å². The lowest BCUT2D eigenvalue weighted by atomic mass is 10.0. The molecule has 1 aliphatic rings. The third-order valence-corrected chi connectivity index (χ3v) is 6.07. The fraction of sp³-hybridized carbons (Fsp3) is 0.464. The first-order valence-corrected chi connectivity index (χ1v) is 12.5. The van der Waals surface area contributed by atoms with Crippen LogP contribution in [-0.2, 0) is 33.5 Å². The molecule has 0 radical (unpaired) electrons. The monoisotopic (exact) mass is 511 g/mol.